The molecule has 18 heavy (non-hydrogen) atoms. The first-order valence-corrected chi connectivity index (χ1v) is 7.50. The third-order valence-corrected chi connectivity index (χ3v) is 5.14. The Morgan fingerprint density at radius 1 is 1.56 bits per heavy atom. The monoisotopic (exact) mass is 294 g/mol. The molecule has 1 atom stereocenters. The van der Waals surface area contributed by atoms with Crippen molar-refractivity contribution >= 4 is 21.6 Å². The van der Waals surface area contributed by atoms with Gasteiger partial charge in [-0.3, -0.25) is 0 Å². The molecule has 5 nitrogen and oxygen atoms in total. The second-order valence-corrected chi connectivity index (χ2v) is 6.50. The molecule has 0 aliphatic rings. The number of methoxy groups -OCH3 is 1. The van der Waals surface area contributed by atoms with Crippen LogP contribution < -0.4 is 0 Å². The number of sulfonamides is 1. The minimum Gasteiger partial charge on any atom is -0.383 e. The molecular formula is C11H19ClN2O3S. The Morgan fingerprint density at radius 3 is 2.61 bits per heavy atom. The summed E-state index contributed by atoms with van der Waals surface area (Å²) < 4.78 is 32.7. The zero-order chi connectivity index (χ0) is 13.9. The van der Waals surface area contributed by atoms with E-state index in [1.807, 2.05) is 0 Å². The average molecular weight is 295 g/mol. The maximum absolute atomic E-state index is 12.3. The third-order valence-electron chi connectivity index (χ3n) is 2.93. The van der Waals surface area contributed by atoms with E-state index >= 15 is 0 Å². The first-order chi connectivity index (χ1) is 8.34. The lowest BCUT2D eigenvalue weighted by atomic mass is 10.4. The van der Waals surface area contributed by atoms with Gasteiger partial charge >= 0.3 is 0 Å². The summed E-state index contributed by atoms with van der Waals surface area (Å²) in [5.74, 6) is 0.281. The van der Waals surface area contributed by atoms with E-state index in [9.17, 15) is 8.42 Å². The highest BCUT2D eigenvalue weighted by Crippen LogP contribution is 2.20. The summed E-state index contributed by atoms with van der Waals surface area (Å²) in [6.45, 7) is 2.15. The van der Waals surface area contributed by atoms with Gasteiger partial charge in [-0.05, 0) is 13.0 Å². The van der Waals surface area contributed by atoms with Crippen molar-refractivity contribution in [3.8, 4) is 0 Å². The molecule has 0 N–H and O–H groups in total. The highest BCUT2D eigenvalue weighted by Gasteiger charge is 2.26. The summed E-state index contributed by atoms with van der Waals surface area (Å²) in [6, 6.07) is 1.37. The van der Waals surface area contributed by atoms with Crippen molar-refractivity contribution in [2.75, 3.05) is 20.8 Å². The topological polar surface area (TPSA) is 51.5 Å². The molecule has 0 spiro atoms. The molecule has 104 valence electrons. The lowest BCUT2D eigenvalue weighted by Gasteiger charge is -2.22. The van der Waals surface area contributed by atoms with Crippen LogP contribution >= 0.6 is 11.6 Å². The van der Waals surface area contributed by atoms with E-state index in [-0.39, 0.29) is 16.8 Å². The van der Waals surface area contributed by atoms with Crippen molar-refractivity contribution in [3.05, 3.63) is 18.0 Å². The van der Waals surface area contributed by atoms with Crippen molar-refractivity contribution in [3.63, 3.8) is 0 Å². The van der Waals surface area contributed by atoms with Crippen molar-refractivity contribution in [1.82, 2.24) is 8.87 Å². The molecule has 0 aromatic carbocycles. The fourth-order valence-electron chi connectivity index (χ4n) is 1.60. The maximum Gasteiger partial charge on any atom is 0.244 e. The van der Waals surface area contributed by atoms with Gasteiger partial charge in [0.05, 0.1) is 12.5 Å². The van der Waals surface area contributed by atoms with Gasteiger partial charge in [-0.25, -0.2) is 8.42 Å². The number of halogens is 1. The van der Waals surface area contributed by atoms with Crippen molar-refractivity contribution in [1.29, 1.82) is 0 Å². The molecule has 1 unspecified atom stereocenters. The van der Waals surface area contributed by atoms with Crippen molar-refractivity contribution < 1.29 is 13.2 Å². The van der Waals surface area contributed by atoms with E-state index in [0.717, 1.165) is 5.69 Å². The predicted molar refractivity (Wildman–Crippen MR) is 71.3 cm³/mol. The number of hydrogen-bond donors (Lipinski definition) is 0. The second-order valence-electron chi connectivity index (χ2n) is 4.24. The van der Waals surface area contributed by atoms with Crippen LogP contribution in [0.1, 0.15) is 12.6 Å². The Kier molecular flexibility index (Phi) is 5.21. The van der Waals surface area contributed by atoms with Gasteiger partial charge in [0.2, 0.25) is 10.0 Å². The summed E-state index contributed by atoms with van der Waals surface area (Å²) in [6.07, 6.45) is 1.57. The lowest BCUT2D eigenvalue weighted by Crippen LogP contribution is -2.37. The SMILES string of the molecule is COCC(C)N(C)S(=O)(=O)c1cc(CCl)n(C)c1. The van der Waals surface area contributed by atoms with E-state index in [0.29, 0.717) is 6.61 Å². The van der Waals surface area contributed by atoms with Crippen LogP contribution in [0.15, 0.2) is 17.2 Å². The smallest absolute Gasteiger partial charge is 0.244 e. The van der Waals surface area contributed by atoms with E-state index < -0.39 is 10.0 Å². The number of aryl methyl sites for hydroxylation is 1. The Bertz CT molecular complexity index is 498. The summed E-state index contributed by atoms with van der Waals surface area (Å²) in [5, 5.41) is 0. The van der Waals surface area contributed by atoms with Gasteiger partial charge in [0.15, 0.2) is 0 Å². The molecule has 0 saturated heterocycles. The van der Waals surface area contributed by atoms with Crippen LogP contribution in [0, 0.1) is 0 Å². The van der Waals surface area contributed by atoms with E-state index in [1.165, 1.54) is 4.31 Å². The summed E-state index contributed by atoms with van der Waals surface area (Å²) in [4.78, 5) is 0.256. The van der Waals surface area contributed by atoms with Gasteiger partial charge in [0.25, 0.3) is 0 Å². The first kappa shape index (κ1) is 15.5. The van der Waals surface area contributed by atoms with Gasteiger partial charge < -0.3 is 9.30 Å². The van der Waals surface area contributed by atoms with Crippen molar-refractivity contribution in [2.45, 2.75) is 23.7 Å². The molecule has 1 aromatic heterocycles. The van der Waals surface area contributed by atoms with Crippen LogP contribution in [0.25, 0.3) is 0 Å². The van der Waals surface area contributed by atoms with Crippen LogP contribution in [-0.4, -0.2) is 44.1 Å². The Labute approximate surface area is 113 Å². The zero-order valence-corrected chi connectivity index (χ0v) is 12.6. The molecule has 1 heterocycles. The zero-order valence-electron chi connectivity index (χ0n) is 11.1. The number of likely N-dealkylation sites (N-methyl/N-ethyl adjacent to an activating group) is 1. The fraction of sp³-hybridized carbons (Fsp3) is 0.636. The maximum atomic E-state index is 12.3. The van der Waals surface area contributed by atoms with Gasteiger partial charge in [-0.15, -0.1) is 11.6 Å². The number of alkyl halides is 1. The molecule has 0 aliphatic heterocycles. The molecule has 0 bridgehead atoms. The van der Waals surface area contributed by atoms with Crippen molar-refractivity contribution in [2.24, 2.45) is 7.05 Å². The normalized spacial score (nSPS) is 14.1. The van der Waals surface area contributed by atoms with Crippen LogP contribution in [-0.2, 0) is 27.7 Å². The fourth-order valence-corrected chi connectivity index (χ4v) is 3.31. The molecule has 0 fully saturated rings. The molecule has 7 heteroatoms. The van der Waals surface area contributed by atoms with Crippen LogP contribution in [0.5, 0.6) is 0 Å². The molecule has 0 radical (unpaired) electrons. The van der Waals surface area contributed by atoms with Gasteiger partial charge in [-0.1, -0.05) is 0 Å². The number of nitrogens with zero attached hydrogens (tertiary/aromatic N) is 2. The van der Waals surface area contributed by atoms with E-state index in [1.54, 1.807) is 45.0 Å². The lowest BCUT2D eigenvalue weighted by molar-refractivity contribution is 0.149. The minimum absolute atomic E-state index is 0.223. The molecular weight excluding hydrogens is 276 g/mol. The number of aromatic nitrogens is 1. The molecule has 0 aliphatic carbocycles. The van der Waals surface area contributed by atoms with Crippen LogP contribution in [0.3, 0.4) is 0 Å². The Morgan fingerprint density at radius 2 is 2.17 bits per heavy atom. The van der Waals surface area contributed by atoms with Crippen LogP contribution in [0.2, 0.25) is 0 Å². The van der Waals surface area contributed by atoms with E-state index in [2.05, 4.69) is 0 Å². The summed E-state index contributed by atoms with van der Waals surface area (Å²) >= 11 is 5.74. The van der Waals surface area contributed by atoms with Gasteiger partial charge in [0.1, 0.15) is 4.90 Å². The molecule has 1 aromatic rings. The highest BCUT2D eigenvalue weighted by molar-refractivity contribution is 7.89. The number of ether oxygens (including phenoxy) is 1. The van der Waals surface area contributed by atoms with Gasteiger partial charge in [-0.2, -0.15) is 4.31 Å². The minimum atomic E-state index is -3.50. The van der Waals surface area contributed by atoms with Gasteiger partial charge in [0, 0.05) is 39.1 Å². The molecule has 0 saturated carbocycles. The standard InChI is InChI=1S/C11H19ClN2O3S/c1-9(8-17-4)14(3)18(15,16)11-5-10(6-12)13(2)7-11/h5,7,9H,6,8H2,1-4H3. The second kappa shape index (κ2) is 6.06. The number of hydrogen-bond acceptors (Lipinski definition) is 3. The quantitative estimate of drug-likeness (QED) is 0.746. The Hall–Kier alpha value is -0.560. The Balaban J connectivity index is 3.05. The number of rotatable bonds is 6. The van der Waals surface area contributed by atoms with E-state index in [4.69, 9.17) is 16.3 Å². The van der Waals surface area contributed by atoms with Crippen LogP contribution in [0.4, 0.5) is 0 Å². The third kappa shape index (κ3) is 3.06. The largest absolute Gasteiger partial charge is 0.383 e. The average Bonchev–Trinajstić information content (AvgIpc) is 2.70. The highest BCUT2D eigenvalue weighted by atomic mass is 35.5. The molecule has 0 amide bonds. The summed E-state index contributed by atoms with van der Waals surface area (Å²) in [5.41, 5.74) is 0.767. The molecule has 1 rings (SSSR count). The summed E-state index contributed by atoms with van der Waals surface area (Å²) in [7, 11) is 1.37. The first-order valence-electron chi connectivity index (χ1n) is 5.52. The predicted octanol–water partition coefficient (Wildman–Crippen LogP) is 1.42.